The van der Waals surface area contributed by atoms with E-state index in [4.69, 9.17) is 16.6 Å². The van der Waals surface area contributed by atoms with Gasteiger partial charge in [-0.05, 0) is 55.2 Å². The van der Waals surface area contributed by atoms with Crippen LogP contribution in [0.25, 0.3) is 15.9 Å². The normalized spacial score (nSPS) is 20.9. The molecule has 5 rings (SSSR count). The monoisotopic (exact) mass is 481 g/mol. The van der Waals surface area contributed by atoms with Crippen LogP contribution in [0.3, 0.4) is 0 Å². The number of fused-ring (bicyclic) bond motifs is 1. The summed E-state index contributed by atoms with van der Waals surface area (Å²) in [5.41, 5.74) is 7.95. The maximum atomic E-state index is 14.1. The number of likely N-dealkylation sites (tertiary alicyclic amines) is 1. The molecule has 1 saturated heterocycles. The van der Waals surface area contributed by atoms with Crippen LogP contribution in [-0.4, -0.2) is 33.4 Å². The summed E-state index contributed by atoms with van der Waals surface area (Å²) >= 11 is 3.28. The Balaban J connectivity index is 1.43. The molecule has 4 N–H and O–H groups in total. The van der Waals surface area contributed by atoms with Gasteiger partial charge in [0.15, 0.2) is 0 Å². The molecule has 174 valence electrons. The molecule has 2 fully saturated rings. The number of rotatable bonds is 6. The highest BCUT2D eigenvalue weighted by Gasteiger charge is 2.40. The Bertz CT molecular complexity index is 1090. The van der Waals surface area contributed by atoms with E-state index in [1.54, 1.807) is 33.9 Å². The van der Waals surface area contributed by atoms with Crippen molar-refractivity contribution in [1.29, 1.82) is 0 Å². The summed E-state index contributed by atoms with van der Waals surface area (Å²) in [6.45, 7) is 0.751. The minimum absolute atomic E-state index is 0.0213. The number of thiophene rings is 1. The maximum Gasteiger partial charge on any atom is 0.247 e. The number of thiazole rings is 1. The van der Waals surface area contributed by atoms with Crippen molar-refractivity contribution >= 4 is 44.5 Å². The van der Waals surface area contributed by atoms with Gasteiger partial charge in [-0.1, -0.05) is 37.5 Å². The minimum atomic E-state index is -0.404. The van der Waals surface area contributed by atoms with Gasteiger partial charge in [0.2, 0.25) is 5.91 Å². The van der Waals surface area contributed by atoms with Gasteiger partial charge in [-0.25, -0.2) is 10.8 Å². The van der Waals surface area contributed by atoms with E-state index in [0.29, 0.717) is 5.70 Å². The summed E-state index contributed by atoms with van der Waals surface area (Å²) in [7, 11) is 0. The van der Waals surface area contributed by atoms with Crippen LogP contribution < -0.4 is 11.6 Å². The summed E-state index contributed by atoms with van der Waals surface area (Å²) in [6, 6.07) is 11.8. The first-order valence-electron chi connectivity index (χ1n) is 11.8. The number of hydrogen-bond donors (Lipinski definition) is 2. The molecule has 6 nitrogen and oxygen atoms in total. The SMILES string of the molecule is N/C(=C\N(N)C(C(=O)N1CCCC1c1nc2ccccc2s1)C1CCCCC1)c1cccs1. The van der Waals surface area contributed by atoms with Crippen LogP contribution in [0, 0.1) is 5.92 Å². The lowest BCUT2D eigenvalue weighted by molar-refractivity contribution is -0.139. The number of para-hydroxylation sites is 1. The molecule has 1 aliphatic carbocycles. The van der Waals surface area contributed by atoms with Gasteiger partial charge < -0.3 is 15.6 Å². The van der Waals surface area contributed by atoms with Crippen LogP contribution in [0.4, 0.5) is 0 Å². The third-order valence-electron chi connectivity index (χ3n) is 6.90. The van der Waals surface area contributed by atoms with Crippen LogP contribution in [0.2, 0.25) is 0 Å². The topological polar surface area (TPSA) is 88.5 Å². The highest BCUT2D eigenvalue weighted by atomic mass is 32.1. The molecule has 1 amide bonds. The van der Waals surface area contributed by atoms with Gasteiger partial charge in [0.05, 0.1) is 26.8 Å². The van der Waals surface area contributed by atoms with Gasteiger partial charge in [0, 0.05) is 12.7 Å². The first-order chi connectivity index (χ1) is 16.1. The molecule has 0 radical (unpaired) electrons. The van der Waals surface area contributed by atoms with Crippen molar-refractivity contribution in [2.24, 2.45) is 17.5 Å². The number of hydrogen-bond acceptors (Lipinski definition) is 7. The first kappa shape index (κ1) is 22.4. The number of carbonyl (C=O) groups excluding carboxylic acids is 1. The molecular weight excluding hydrogens is 450 g/mol. The van der Waals surface area contributed by atoms with E-state index in [-0.39, 0.29) is 17.9 Å². The summed E-state index contributed by atoms with van der Waals surface area (Å²) in [5.74, 6) is 6.94. The fraction of sp³-hybridized carbons (Fsp3) is 0.440. The molecular formula is C25H31N5OS2. The van der Waals surface area contributed by atoms with E-state index < -0.39 is 6.04 Å². The van der Waals surface area contributed by atoms with Crippen molar-refractivity contribution in [3.8, 4) is 0 Å². The second-order valence-corrected chi connectivity index (χ2v) is 11.1. The molecule has 8 heteroatoms. The lowest BCUT2D eigenvalue weighted by Gasteiger charge is -2.38. The van der Waals surface area contributed by atoms with Crippen LogP contribution in [0.1, 0.15) is 60.9 Å². The number of benzene rings is 1. The van der Waals surface area contributed by atoms with Crippen LogP contribution in [0.15, 0.2) is 48.0 Å². The molecule has 3 aromatic rings. The van der Waals surface area contributed by atoms with Gasteiger partial charge in [-0.2, -0.15) is 0 Å². The fourth-order valence-corrected chi connectivity index (χ4v) is 7.02. The summed E-state index contributed by atoms with van der Waals surface area (Å²) in [5, 5.41) is 4.62. The molecule has 3 heterocycles. The Morgan fingerprint density at radius 2 is 1.94 bits per heavy atom. The molecule has 0 bridgehead atoms. The van der Waals surface area contributed by atoms with Crippen LogP contribution >= 0.6 is 22.7 Å². The molecule has 33 heavy (non-hydrogen) atoms. The van der Waals surface area contributed by atoms with Crippen molar-refractivity contribution in [1.82, 2.24) is 14.9 Å². The molecule has 2 aliphatic rings. The van der Waals surface area contributed by atoms with Crippen molar-refractivity contribution in [2.75, 3.05) is 6.54 Å². The first-order valence-corrected chi connectivity index (χ1v) is 13.5. The quantitative estimate of drug-likeness (QED) is 0.378. The molecule has 1 aliphatic heterocycles. The smallest absolute Gasteiger partial charge is 0.247 e. The Morgan fingerprint density at radius 1 is 1.12 bits per heavy atom. The second kappa shape index (κ2) is 9.83. The maximum absolute atomic E-state index is 14.1. The van der Waals surface area contributed by atoms with E-state index in [9.17, 15) is 4.79 Å². The predicted octanol–water partition coefficient (Wildman–Crippen LogP) is 5.10. The highest BCUT2D eigenvalue weighted by Crippen LogP contribution is 2.39. The predicted molar refractivity (Wildman–Crippen MR) is 136 cm³/mol. The molecule has 2 unspecified atom stereocenters. The summed E-state index contributed by atoms with van der Waals surface area (Å²) in [6.07, 6.45) is 9.26. The van der Waals surface area contributed by atoms with E-state index >= 15 is 0 Å². The Labute approximate surface area is 202 Å². The van der Waals surface area contributed by atoms with Crippen molar-refractivity contribution < 1.29 is 4.79 Å². The zero-order valence-electron chi connectivity index (χ0n) is 18.7. The number of nitrogens with zero attached hydrogens (tertiary/aromatic N) is 3. The van der Waals surface area contributed by atoms with Crippen molar-refractivity contribution in [2.45, 2.75) is 57.0 Å². The van der Waals surface area contributed by atoms with Gasteiger partial charge in [0.1, 0.15) is 11.0 Å². The average molecular weight is 482 g/mol. The highest BCUT2D eigenvalue weighted by molar-refractivity contribution is 7.18. The Kier molecular flexibility index (Phi) is 6.66. The zero-order chi connectivity index (χ0) is 22.8. The number of carbonyl (C=O) groups is 1. The molecule has 1 aromatic carbocycles. The lowest BCUT2D eigenvalue weighted by Crippen LogP contribution is -2.53. The number of hydrazine groups is 1. The van der Waals surface area contributed by atoms with E-state index in [0.717, 1.165) is 60.5 Å². The van der Waals surface area contributed by atoms with Gasteiger partial charge >= 0.3 is 0 Å². The third-order valence-corrected chi connectivity index (χ3v) is 8.95. The van der Waals surface area contributed by atoms with Gasteiger partial charge in [-0.3, -0.25) is 4.79 Å². The number of aromatic nitrogens is 1. The van der Waals surface area contributed by atoms with Gasteiger partial charge in [-0.15, -0.1) is 22.7 Å². The molecule has 2 atom stereocenters. The lowest BCUT2D eigenvalue weighted by atomic mass is 9.83. The number of nitrogens with two attached hydrogens (primary N) is 2. The summed E-state index contributed by atoms with van der Waals surface area (Å²) in [4.78, 5) is 21.9. The largest absolute Gasteiger partial charge is 0.396 e. The summed E-state index contributed by atoms with van der Waals surface area (Å²) < 4.78 is 1.17. The van der Waals surface area contributed by atoms with E-state index in [1.807, 2.05) is 40.6 Å². The zero-order valence-corrected chi connectivity index (χ0v) is 20.4. The Hall–Kier alpha value is -2.42. The average Bonchev–Trinajstić information content (AvgIpc) is 3.60. The van der Waals surface area contributed by atoms with Crippen molar-refractivity contribution in [3.63, 3.8) is 0 Å². The molecule has 2 aromatic heterocycles. The van der Waals surface area contributed by atoms with E-state index in [2.05, 4.69) is 6.07 Å². The van der Waals surface area contributed by atoms with Crippen molar-refractivity contribution in [3.05, 3.63) is 57.9 Å². The third kappa shape index (κ3) is 4.65. The minimum Gasteiger partial charge on any atom is -0.396 e. The number of amides is 1. The molecule has 1 saturated carbocycles. The van der Waals surface area contributed by atoms with Crippen LogP contribution in [0.5, 0.6) is 0 Å². The fourth-order valence-electron chi connectivity index (χ4n) is 5.26. The second-order valence-electron chi connectivity index (χ2n) is 9.06. The molecule has 0 spiro atoms. The standard InChI is InChI=1S/C25H31N5OS2/c26-18(21-13-7-15-32-21)16-30(27)23(17-8-2-1-3-9-17)25(31)29-14-6-11-20(29)24-28-19-10-4-5-12-22(19)33-24/h4-5,7,10,12-13,15-17,20,23H,1-3,6,8-9,11,14,26-27H2/b18-16-. The Morgan fingerprint density at radius 3 is 2.70 bits per heavy atom. The van der Waals surface area contributed by atoms with Crippen LogP contribution in [-0.2, 0) is 4.79 Å². The van der Waals surface area contributed by atoms with E-state index in [1.165, 1.54) is 11.1 Å². The van der Waals surface area contributed by atoms with Gasteiger partial charge in [0.25, 0.3) is 0 Å².